The molecule has 0 spiro atoms. The van der Waals surface area contributed by atoms with E-state index in [9.17, 15) is 9.59 Å². The Morgan fingerprint density at radius 2 is 1.29 bits per heavy atom. The maximum absolute atomic E-state index is 12.2. The Bertz CT molecular complexity index is 973. The third kappa shape index (κ3) is 7.08. The van der Waals surface area contributed by atoms with Crippen molar-refractivity contribution in [2.24, 2.45) is 0 Å². The Labute approximate surface area is 180 Å². The molecule has 3 rings (SSSR count). The number of nitrogens with one attached hydrogen (secondary N) is 2. The van der Waals surface area contributed by atoms with E-state index in [1.54, 1.807) is 55.6 Å². The predicted octanol–water partition coefficient (Wildman–Crippen LogP) is 3.16. The van der Waals surface area contributed by atoms with Crippen molar-refractivity contribution in [2.75, 3.05) is 20.3 Å². The zero-order valence-electron chi connectivity index (χ0n) is 17.2. The quantitative estimate of drug-likeness (QED) is 0.410. The van der Waals surface area contributed by atoms with Gasteiger partial charge in [0, 0.05) is 5.56 Å². The third-order valence-electron chi connectivity index (χ3n) is 4.32. The number of para-hydroxylation sites is 1. The van der Waals surface area contributed by atoms with E-state index in [4.69, 9.17) is 14.2 Å². The van der Waals surface area contributed by atoms with E-state index in [0.29, 0.717) is 30.3 Å². The average Bonchev–Trinajstić information content (AvgIpc) is 2.82. The summed E-state index contributed by atoms with van der Waals surface area (Å²) >= 11 is 0. The SMILES string of the molecule is COc1ccc(CC(=O)NNC(=O)c2ccc(OCCOc3ccccc3)cc2)cc1. The van der Waals surface area contributed by atoms with Gasteiger partial charge in [-0.15, -0.1) is 0 Å². The van der Waals surface area contributed by atoms with Crippen molar-refractivity contribution in [3.05, 3.63) is 90.0 Å². The molecule has 0 atom stereocenters. The maximum Gasteiger partial charge on any atom is 0.269 e. The molecular weight excluding hydrogens is 396 g/mol. The van der Waals surface area contributed by atoms with Crippen LogP contribution < -0.4 is 25.1 Å². The molecule has 0 saturated carbocycles. The number of rotatable bonds is 9. The average molecular weight is 420 g/mol. The number of carbonyl (C=O) groups is 2. The van der Waals surface area contributed by atoms with Crippen molar-refractivity contribution < 1.29 is 23.8 Å². The highest BCUT2D eigenvalue weighted by atomic mass is 16.5. The summed E-state index contributed by atoms with van der Waals surface area (Å²) < 4.78 is 16.3. The molecule has 0 aromatic heterocycles. The number of ether oxygens (including phenoxy) is 3. The van der Waals surface area contributed by atoms with Crippen LogP contribution >= 0.6 is 0 Å². The lowest BCUT2D eigenvalue weighted by molar-refractivity contribution is -0.121. The number of hydrazine groups is 1. The summed E-state index contributed by atoms with van der Waals surface area (Å²) in [5.41, 5.74) is 6.03. The van der Waals surface area contributed by atoms with Crippen molar-refractivity contribution in [1.29, 1.82) is 0 Å². The van der Waals surface area contributed by atoms with Crippen LogP contribution in [0.1, 0.15) is 15.9 Å². The summed E-state index contributed by atoms with van der Waals surface area (Å²) in [6, 6.07) is 23.3. The van der Waals surface area contributed by atoms with Crippen molar-refractivity contribution >= 4 is 11.8 Å². The minimum atomic E-state index is -0.415. The van der Waals surface area contributed by atoms with E-state index in [1.165, 1.54) is 0 Å². The Kier molecular flexibility index (Phi) is 7.88. The fourth-order valence-electron chi connectivity index (χ4n) is 2.71. The van der Waals surface area contributed by atoms with Crippen LogP contribution in [0, 0.1) is 0 Å². The normalized spacial score (nSPS) is 10.1. The van der Waals surface area contributed by atoms with Gasteiger partial charge < -0.3 is 14.2 Å². The van der Waals surface area contributed by atoms with Crippen molar-refractivity contribution in [3.63, 3.8) is 0 Å². The van der Waals surface area contributed by atoms with Gasteiger partial charge in [-0.1, -0.05) is 30.3 Å². The number of hydrogen-bond acceptors (Lipinski definition) is 5. The van der Waals surface area contributed by atoms with Gasteiger partial charge >= 0.3 is 0 Å². The lowest BCUT2D eigenvalue weighted by Crippen LogP contribution is -2.42. The number of amides is 2. The molecule has 0 bridgehead atoms. The number of methoxy groups -OCH3 is 1. The number of hydrogen-bond donors (Lipinski definition) is 2. The lowest BCUT2D eigenvalue weighted by Gasteiger charge is -2.10. The topological polar surface area (TPSA) is 85.9 Å². The minimum Gasteiger partial charge on any atom is -0.497 e. The van der Waals surface area contributed by atoms with E-state index in [-0.39, 0.29) is 12.3 Å². The van der Waals surface area contributed by atoms with E-state index in [2.05, 4.69) is 10.9 Å². The van der Waals surface area contributed by atoms with Crippen molar-refractivity contribution in [2.45, 2.75) is 6.42 Å². The lowest BCUT2D eigenvalue weighted by atomic mass is 10.1. The van der Waals surface area contributed by atoms with Gasteiger partial charge in [-0.25, -0.2) is 0 Å². The van der Waals surface area contributed by atoms with Crippen molar-refractivity contribution in [3.8, 4) is 17.2 Å². The van der Waals surface area contributed by atoms with Crippen LogP contribution in [0.4, 0.5) is 0 Å². The van der Waals surface area contributed by atoms with E-state index < -0.39 is 5.91 Å². The van der Waals surface area contributed by atoms with Gasteiger partial charge in [0.2, 0.25) is 5.91 Å². The zero-order valence-corrected chi connectivity index (χ0v) is 17.2. The van der Waals surface area contributed by atoms with Gasteiger partial charge in [0.05, 0.1) is 13.5 Å². The van der Waals surface area contributed by atoms with Gasteiger partial charge in [-0.2, -0.15) is 0 Å². The minimum absolute atomic E-state index is 0.141. The number of carbonyl (C=O) groups excluding carboxylic acids is 2. The van der Waals surface area contributed by atoms with Gasteiger partial charge in [0.25, 0.3) is 5.91 Å². The second kappa shape index (κ2) is 11.3. The first-order valence-corrected chi connectivity index (χ1v) is 9.77. The molecule has 0 heterocycles. The van der Waals surface area contributed by atoms with Crippen LogP contribution in [0.25, 0.3) is 0 Å². The zero-order chi connectivity index (χ0) is 21.9. The van der Waals surface area contributed by atoms with Crippen LogP contribution in [-0.4, -0.2) is 32.1 Å². The molecule has 2 N–H and O–H groups in total. The molecule has 0 radical (unpaired) electrons. The fourth-order valence-corrected chi connectivity index (χ4v) is 2.71. The van der Waals surface area contributed by atoms with Gasteiger partial charge in [0.15, 0.2) is 0 Å². The van der Waals surface area contributed by atoms with Crippen LogP contribution in [0.2, 0.25) is 0 Å². The van der Waals surface area contributed by atoms with Crippen LogP contribution in [0.15, 0.2) is 78.9 Å². The fraction of sp³-hybridized carbons (Fsp3) is 0.167. The summed E-state index contributed by atoms with van der Waals surface area (Å²) in [6.07, 6.45) is 0.141. The molecule has 0 aliphatic rings. The van der Waals surface area contributed by atoms with Gasteiger partial charge in [-0.3, -0.25) is 20.4 Å². The van der Waals surface area contributed by atoms with E-state index in [0.717, 1.165) is 11.3 Å². The van der Waals surface area contributed by atoms with E-state index >= 15 is 0 Å². The second-order valence-corrected chi connectivity index (χ2v) is 6.56. The molecule has 0 aliphatic carbocycles. The van der Waals surface area contributed by atoms with Crippen LogP contribution in [0.5, 0.6) is 17.2 Å². The number of benzene rings is 3. The summed E-state index contributed by atoms with van der Waals surface area (Å²) in [7, 11) is 1.58. The summed E-state index contributed by atoms with van der Waals surface area (Å²) in [5.74, 6) is 1.39. The van der Waals surface area contributed by atoms with Crippen LogP contribution in [0.3, 0.4) is 0 Å². The van der Waals surface area contributed by atoms with Gasteiger partial charge in [0.1, 0.15) is 30.5 Å². The van der Waals surface area contributed by atoms with Crippen LogP contribution in [-0.2, 0) is 11.2 Å². The molecule has 0 fully saturated rings. The molecule has 3 aromatic rings. The highest BCUT2D eigenvalue weighted by Gasteiger charge is 2.08. The monoisotopic (exact) mass is 420 g/mol. The Morgan fingerprint density at radius 3 is 1.90 bits per heavy atom. The third-order valence-corrected chi connectivity index (χ3v) is 4.32. The smallest absolute Gasteiger partial charge is 0.269 e. The first kappa shape index (κ1) is 21.7. The first-order chi connectivity index (χ1) is 15.1. The Hall–Kier alpha value is -4.00. The highest BCUT2D eigenvalue weighted by Crippen LogP contribution is 2.13. The summed E-state index contributed by atoms with van der Waals surface area (Å²) in [6.45, 7) is 0.786. The molecule has 160 valence electrons. The summed E-state index contributed by atoms with van der Waals surface area (Å²) in [5, 5.41) is 0. The van der Waals surface area contributed by atoms with Gasteiger partial charge in [-0.05, 0) is 54.1 Å². The molecular formula is C24H24N2O5. The standard InChI is InChI=1S/C24H24N2O5/c1-29-20-11-7-18(8-12-20)17-23(27)25-26-24(28)19-9-13-22(14-10-19)31-16-15-30-21-5-3-2-4-6-21/h2-14H,15-17H2,1H3,(H,25,27)(H,26,28). The highest BCUT2D eigenvalue weighted by molar-refractivity contribution is 5.95. The molecule has 0 aliphatic heterocycles. The van der Waals surface area contributed by atoms with E-state index in [1.807, 2.05) is 30.3 Å². The molecule has 7 nitrogen and oxygen atoms in total. The molecule has 2 amide bonds. The largest absolute Gasteiger partial charge is 0.497 e. The predicted molar refractivity (Wildman–Crippen MR) is 116 cm³/mol. The Balaban J connectivity index is 1.38. The molecule has 31 heavy (non-hydrogen) atoms. The second-order valence-electron chi connectivity index (χ2n) is 6.56. The molecule has 0 saturated heterocycles. The first-order valence-electron chi connectivity index (χ1n) is 9.77. The maximum atomic E-state index is 12.2. The summed E-state index contributed by atoms with van der Waals surface area (Å²) in [4.78, 5) is 24.2. The van der Waals surface area contributed by atoms with Crippen molar-refractivity contribution in [1.82, 2.24) is 10.9 Å². The Morgan fingerprint density at radius 1 is 0.710 bits per heavy atom. The molecule has 7 heteroatoms. The molecule has 0 unspecified atom stereocenters. The molecule has 3 aromatic carbocycles.